The number of pyridine rings is 1. The van der Waals surface area contributed by atoms with Gasteiger partial charge in [-0.2, -0.15) is 0 Å². The Morgan fingerprint density at radius 1 is 1.06 bits per heavy atom. The van der Waals surface area contributed by atoms with Gasteiger partial charge in [-0.05, 0) is 55.7 Å². The molecule has 1 N–H and O–H groups in total. The first-order valence-electron chi connectivity index (χ1n) is 10.6. The Balaban J connectivity index is 1.78. The third-order valence-corrected chi connectivity index (χ3v) is 5.29. The first-order valence-corrected chi connectivity index (χ1v) is 10.6. The Kier molecular flexibility index (Phi) is 5.95. The van der Waals surface area contributed by atoms with Gasteiger partial charge in [0.25, 0.3) is 5.91 Å². The first kappa shape index (κ1) is 21.6. The molecule has 0 fully saturated rings. The number of nitrogens with one attached hydrogen (secondary N) is 1. The highest BCUT2D eigenvalue weighted by Crippen LogP contribution is 2.35. The fourth-order valence-electron chi connectivity index (χ4n) is 3.93. The van der Waals surface area contributed by atoms with Gasteiger partial charge in [-0.1, -0.05) is 42.5 Å². The number of amides is 2. The van der Waals surface area contributed by atoms with E-state index in [1.807, 2.05) is 75.4 Å². The van der Waals surface area contributed by atoms with Gasteiger partial charge in [0.1, 0.15) is 11.8 Å². The number of fused-ring (bicyclic) bond motifs is 1. The van der Waals surface area contributed by atoms with Crippen LogP contribution in [0.15, 0.2) is 73.1 Å². The van der Waals surface area contributed by atoms with Gasteiger partial charge in [-0.15, -0.1) is 0 Å². The van der Waals surface area contributed by atoms with E-state index in [1.54, 1.807) is 23.4 Å². The molecule has 3 aromatic rings. The van der Waals surface area contributed by atoms with Crippen LogP contribution in [-0.2, 0) is 16.1 Å². The monoisotopic (exact) mass is 429 g/mol. The normalized spacial score (nSPS) is 16.0. The van der Waals surface area contributed by atoms with E-state index in [-0.39, 0.29) is 25.0 Å². The van der Waals surface area contributed by atoms with Crippen LogP contribution < -0.4 is 10.1 Å². The second kappa shape index (κ2) is 8.83. The van der Waals surface area contributed by atoms with Crippen molar-refractivity contribution in [3.05, 3.63) is 84.2 Å². The summed E-state index contributed by atoms with van der Waals surface area (Å²) in [6.07, 6.45) is 3.49. The molecule has 1 aromatic heterocycles. The number of ether oxygens (including phenoxy) is 1. The topological polar surface area (TPSA) is 71.5 Å². The number of hydrogen-bond donors (Lipinski definition) is 1. The lowest BCUT2D eigenvalue weighted by atomic mass is 9.97. The van der Waals surface area contributed by atoms with Crippen LogP contribution in [0.4, 0.5) is 0 Å². The van der Waals surface area contributed by atoms with Gasteiger partial charge in [-0.3, -0.25) is 14.6 Å². The molecule has 0 saturated heterocycles. The molecule has 0 aliphatic carbocycles. The lowest BCUT2D eigenvalue weighted by molar-refractivity contribution is -0.142. The largest absolute Gasteiger partial charge is 0.483 e. The molecule has 0 bridgehead atoms. The summed E-state index contributed by atoms with van der Waals surface area (Å²) in [7, 11) is 0. The van der Waals surface area contributed by atoms with Crippen LogP contribution in [0.25, 0.3) is 11.1 Å². The number of hydrogen-bond acceptors (Lipinski definition) is 4. The lowest BCUT2D eigenvalue weighted by Gasteiger charge is -2.32. The van der Waals surface area contributed by atoms with Gasteiger partial charge in [0.15, 0.2) is 6.61 Å². The number of aromatic nitrogens is 1. The van der Waals surface area contributed by atoms with Gasteiger partial charge in [0.05, 0.1) is 0 Å². The van der Waals surface area contributed by atoms with Crippen molar-refractivity contribution in [3.63, 3.8) is 0 Å². The molecule has 32 heavy (non-hydrogen) atoms. The van der Waals surface area contributed by atoms with E-state index >= 15 is 0 Å². The van der Waals surface area contributed by atoms with E-state index in [0.717, 1.165) is 16.7 Å². The Hall–Kier alpha value is -3.67. The summed E-state index contributed by atoms with van der Waals surface area (Å²) in [6.45, 7) is 5.93. The highest BCUT2D eigenvalue weighted by atomic mass is 16.5. The zero-order valence-corrected chi connectivity index (χ0v) is 18.5. The Morgan fingerprint density at radius 3 is 2.50 bits per heavy atom. The highest BCUT2D eigenvalue weighted by Gasteiger charge is 2.37. The maximum atomic E-state index is 13.5. The zero-order chi connectivity index (χ0) is 22.7. The smallest absolute Gasteiger partial charge is 0.261 e. The van der Waals surface area contributed by atoms with Crippen molar-refractivity contribution < 1.29 is 14.3 Å². The summed E-state index contributed by atoms with van der Waals surface area (Å²) in [5.41, 5.74) is 3.19. The second-order valence-electron chi connectivity index (χ2n) is 8.88. The van der Waals surface area contributed by atoms with Crippen molar-refractivity contribution >= 4 is 11.8 Å². The Labute approximate surface area is 188 Å². The van der Waals surface area contributed by atoms with Gasteiger partial charge in [0.2, 0.25) is 5.91 Å². The van der Waals surface area contributed by atoms with Crippen molar-refractivity contribution in [2.45, 2.75) is 38.9 Å². The van der Waals surface area contributed by atoms with Crippen molar-refractivity contribution in [2.24, 2.45) is 0 Å². The standard InChI is InChI=1S/C26H27N3O3/c1-26(2,3)28-25(31)24-21-10-6-7-11-22(21)32-17-23(30)29(24)16-19-8-4-5-9-20(19)18-12-14-27-15-13-18/h4-15,24H,16-17H2,1-3H3,(H,28,31). The fraction of sp³-hybridized carbons (Fsp3) is 0.269. The van der Waals surface area contributed by atoms with Crippen molar-refractivity contribution in [2.75, 3.05) is 6.61 Å². The third kappa shape index (κ3) is 4.64. The minimum Gasteiger partial charge on any atom is -0.483 e. The number of carbonyl (C=O) groups is 2. The van der Waals surface area contributed by atoms with Crippen LogP contribution in [0.2, 0.25) is 0 Å². The molecule has 1 aliphatic rings. The molecule has 164 valence electrons. The number of benzene rings is 2. The van der Waals surface area contributed by atoms with E-state index in [9.17, 15) is 9.59 Å². The lowest BCUT2D eigenvalue weighted by Crippen LogP contribution is -2.49. The SMILES string of the molecule is CC(C)(C)NC(=O)C1c2ccccc2OCC(=O)N1Cc1ccccc1-c1ccncc1. The number of nitrogens with zero attached hydrogens (tertiary/aromatic N) is 2. The second-order valence-corrected chi connectivity index (χ2v) is 8.88. The number of carbonyl (C=O) groups excluding carboxylic acids is 2. The van der Waals surface area contributed by atoms with Gasteiger partial charge in [-0.25, -0.2) is 0 Å². The van der Waals surface area contributed by atoms with Crippen LogP contribution >= 0.6 is 0 Å². The van der Waals surface area contributed by atoms with E-state index in [0.29, 0.717) is 11.3 Å². The Bertz CT molecular complexity index is 1120. The minimum absolute atomic E-state index is 0.117. The fourth-order valence-corrected chi connectivity index (χ4v) is 3.93. The quantitative estimate of drug-likeness (QED) is 0.677. The van der Waals surface area contributed by atoms with Gasteiger partial charge >= 0.3 is 0 Å². The molecule has 2 heterocycles. The molecule has 1 unspecified atom stereocenters. The number of para-hydroxylation sites is 1. The molecule has 0 radical (unpaired) electrons. The number of rotatable bonds is 4. The third-order valence-electron chi connectivity index (χ3n) is 5.29. The minimum atomic E-state index is -0.800. The maximum Gasteiger partial charge on any atom is 0.261 e. The molecule has 2 amide bonds. The molecule has 1 atom stereocenters. The van der Waals surface area contributed by atoms with Crippen LogP contribution in [0.3, 0.4) is 0 Å². The van der Waals surface area contributed by atoms with E-state index < -0.39 is 11.6 Å². The molecule has 6 heteroatoms. The average molecular weight is 430 g/mol. The first-order chi connectivity index (χ1) is 15.3. The Morgan fingerprint density at radius 2 is 1.75 bits per heavy atom. The van der Waals surface area contributed by atoms with E-state index in [2.05, 4.69) is 10.3 Å². The van der Waals surface area contributed by atoms with Crippen molar-refractivity contribution in [3.8, 4) is 16.9 Å². The molecular formula is C26H27N3O3. The summed E-state index contributed by atoms with van der Waals surface area (Å²) in [4.78, 5) is 32.4. The summed E-state index contributed by atoms with van der Waals surface area (Å²) in [6, 6.07) is 18.3. The van der Waals surface area contributed by atoms with Crippen LogP contribution in [0.1, 0.15) is 37.9 Å². The molecular weight excluding hydrogens is 402 g/mol. The summed E-state index contributed by atoms with van der Waals surface area (Å²) in [5.74, 6) is 0.0878. The molecule has 0 saturated carbocycles. The molecule has 4 rings (SSSR count). The zero-order valence-electron chi connectivity index (χ0n) is 18.5. The molecule has 0 spiro atoms. The van der Waals surface area contributed by atoms with E-state index in [1.165, 1.54) is 0 Å². The average Bonchev–Trinajstić information content (AvgIpc) is 2.90. The van der Waals surface area contributed by atoms with Crippen LogP contribution in [0, 0.1) is 0 Å². The summed E-state index contributed by atoms with van der Waals surface area (Å²) >= 11 is 0. The van der Waals surface area contributed by atoms with Crippen molar-refractivity contribution in [1.82, 2.24) is 15.2 Å². The summed E-state index contributed by atoms with van der Waals surface area (Å²) in [5, 5.41) is 3.04. The van der Waals surface area contributed by atoms with Gasteiger partial charge < -0.3 is 15.0 Å². The van der Waals surface area contributed by atoms with E-state index in [4.69, 9.17) is 4.74 Å². The van der Waals surface area contributed by atoms with Crippen molar-refractivity contribution in [1.29, 1.82) is 0 Å². The van der Waals surface area contributed by atoms with Crippen LogP contribution in [0.5, 0.6) is 5.75 Å². The molecule has 2 aromatic carbocycles. The predicted molar refractivity (Wildman–Crippen MR) is 123 cm³/mol. The highest BCUT2D eigenvalue weighted by molar-refractivity contribution is 5.91. The molecule has 1 aliphatic heterocycles. The maximum absolute atomic E-state index is 13.5. The molecule has 6 nitrogen and oxygen atoms in total. The van der Waals surface area contributed by atoms with Gasteiger partial charge in [0, 0.05) is 30.0 Å². The van der Waals surface area contributed by atoms with Crippen LogP contribution in [-0.4, -0.2) is 33.8 Å². The predicted octanol–water partition coefficient (Wildman–Crippen LogP) is 4.13. The summed E-state index contributed by atoms with van der Waals surface area (Å²) < 4.78 is 5.77.